The van der Waals surface area contributed by atoms with E-state index in [1.165, 1.54) is 28.6 Å². The predicted molar refractivity (Wildman–Crippen MR) is 105 cm³/mol. The van der Waals surface area contributed by atoms with Gasteiger partial charge in [0.1, 0.15) is 5.82 Å². The Hall–Kier alpha value is -2.87. The minimum Gasteiger partial charge on any atom is -0.335 e. The molecule has 2 aromatic carbocycles. The fraction of sp³-hybridized carbons (Fsp3) is 0.211. The summed E-state index contributed by atoms with van der Waals surface area (Å²) < 4.78 is 14.4. The highest BCUT2D eigenvalue weighted by Crippen LogP contribution is 2.26. The molecule has 0 spiro atoms. The van der Waals surface area contributed by atoms with Gasteiger partial charge in [-0.25, -0.2) is 9.07 Å². The van der Waals surface area contributed by atoms with Crippen LogP contribution in [0.4, 0.5) is 10.1 Å². The summed E-state index contributed by atoms with van der Waals surface area (Å²) in [4.78, 5) is 12.6. The van der Waals surface area contributed by atoms with Crippen LogP contribution >= 0.6 is 11.8 Å². The van der Waals surface area contributed by atoms with Gasteiger partial charge in [0.25, 0.3) is 0 Å². The average Bonchev–Trinajstić information content (AvgIpc) is 2.99. The molecule has 27 heavy (non-hydrogen) atoms. The molecule has 0 aliphatic heterocycles. The van der Waals surface area contributed by atoms with E-state index in [1.807, 2.05) is 32.0 Å². The summed E-state index contributed by atoms with van der Waals surface area (Å²) in [6, 6.07) is 11.7. The van der Waals surface area contributed by atoms with Crippen molar-refractivity contribution in [3.63, 3.8) is 0 Å². The van der Waals surface area contributed by atoms with Gasteiger partial charge in [-0.3, -0.25) is 4.79 Å². The predicted octanol–water partition coefficient (Wildman–Crippen LogP) is 3.53. The zero-order valence-electron chi connectivity index (χ0n) is 15.2. The standard InChI is InChI=1S/C19H20FN5OS/c1-11-5-4-6-12(2)16(11)22-18(26)13(3)27-19-24-23-17(25(19)21)14-7-9-15(20)10-8-14/h4-10,13H,21H2,1-3H3,(H,22,26)/t13-/m1/s1. The Morgan fingerprint density at radius 2 is 1.78 bits per heavy atom. The number of nitrogen functional groups attached to an aromatic ring is 1. The first kappa shape index (κ1) is 18.9. The topological polar surface area (TPSA) is 85.8 Å². The number of anilines is 1. The normalized spacial score (nSPS) is 12.0. The number of halogens is 1. The van der Waals surface area contributed by atoms with E-state index < -0.39 is 5.25 Å². The molecule has 0 bridgehead atoms. The van der Waals surface area contributed by atoms with Crippen molar-refractivity contribution < 1.29 is 9.18 Å². The fourth-order valence-corrected chi connectivity index (χ4v) is 3.37. The van der Waals surface area contributed by atoms with E-state index in [0.29, 0.717) is 16.5 Å². The number of carbonyl (C=O) groups is 1. The maximum atomic E-state index is 13.1. The minimum atomic E-state index is -0.434. The van der Waals surface area contributed by atoms with Crippen molar-refractivity contribution in [2.24, 2.45) is 0 Å². The lowest BCUT2D eigenvalue weighted by atomic mass is 10.1. The summed E-state index contributed by atoms with van der Waals surface area (Å²) in [5.74, 6) is 5.98. The Bertz CT molecular complexity index is 950. The van der Waals surface area contributed by atoms with Crippen LogP contribution < -0.4 is 11.2 Å². The molecule has 8 heteroatoms. The Labute approximate surface area is 161 Å². The number of benzene rings is 2. The van der Waals surface area contributed by atoms with E-state index in [9.17, 15) is 9.18 Å². The second kappa shape index (κ2) is 7.79. The maximum absolute atomic E-state index is 13.1. The number of hydrogen-bond acceptors (Lipinski definition) is 5. The second-order valence-corrected chi connectivity index (χ2v) is 7.51. The largest absolute Gasteiger partial charge is 0.335 e. The number of aromatic nitrogens is 3. The zero-order chi connectivity index (χ0) is 19.6. The number of carbonyl (C=O) groups excluding carboxylic acids is 1. The second-order valence-electron chi connectivity index (χ2n) is 6.20. The lowest BCUT2D eigenvalue weighted by Gasteiger charge is -2.15. The molecule has 1 atom stereocenters. The molecule has 0 aliphatic rings. The van der Waals surface area contributed by atoms with Crippen molar-refractivity contribution in [1.82, 2.24) is 14.9 Å². The molecule has 0 fully saturated rings. The van der Waals surface area contributed by atoms with Gasteiger partial charge in [-0.15, -0.1) is 10.2 Å². The smallest absolute Gasteiger partial charge is 0.237 e. The molecule has 0 aliphatic carbocycles. The lowest BCUT2D eigenvalue weighted by Crippen LogP contribution is -2.24. The summed E-state index contributed by atoms with van der Waals surface area (Å²) >= 11 is 1.21. The number of nitrogens with two attached hydrogens (primary N) is 1. The summed E-state index contributed by atoms with van der Waals surface area (Å²) in [5.41, 5.74) is 3.46. The van der Waals surface area contributed by atoms with E-state index >= 15 is 0 Å². The van der Waals surface area contributed by atoms with Crippen LogP contribution in [0.5, 0.6) is 0 Å². The molecule has 0 unspecified atom stereocenters. The van der Waals surface area contributed by atoms with Gasteiger partial charge in [-0.05, 0) is 56.2 Å². The molecule has 1 aromatic heterocycles. The van der Waals surface area contributed by atoms with E-state index in [0.717, 1.165) is 16.8 Å². The van der Waals surface area contributed by atoms with Crippen molar-refractivity contribution in [2.45, 2.75) is 31.2 Å². The summed E-state index contributed by atoms with van der Waals surface area (Å²) in [6.45, 7) is 5.68. The highest BCUT2D eigenvalue weighted by atomic mass is 32.2. The number of nitrogens with one attached hydrogen (secondary N) is 1. The van der Waals surface area contributed by atoms with Crippen LogP contribution in [0.2, 0.25) is 0 Å². The molecule has 3 rings (SSSR count). The monoisotopic (exact) mass is 385 g/mol. The molecule has 3 aromatic rings. The number of hydrogen-bond donors (Lipinski definition) is 2. The summed E-state index contributed by atoms with van der Waals surface area (Å²) in [5, 5.41) is 11.0. The van der Waals surface area contributed by atoms with Crippen LogP contribution in [0.3, 0.4) is 0 Å². The highest BCUT2D eigenvalue weighted by Gasteiger charge is 2.21. The maximum Gasteiger partial charge on any atom is 0.237 e. The molecule has 3 N–H and O–H groups in total. The number of thioether (sulfide) groups is 1. The van der Waals surface area contributed by atoms with Crippen molar-refractivity contribution in [3.8, 4) is 11.4 Å². The van der Waals surface area contributed by atoms with Gasteiger partial charge in [0, 0.05) is 11.3 Å². The quantitative estimate of drug-likeness (QED) is 0.518. The van der Waals surface area contributed by atoms with Gasteiger partial charge in [-0.2, -0.15) is 0 Å². The van der Waals surface area contributed by atoms with Gasteiger partial charge < -0.3 is 11.2 Å². The third kappa shape index (κ3) is 4.11. The first-order valence-electron chi connectivity index (χ1n) is 8.37. The van der Waals surface area contributed by atoms with Crippen LogP contribution in [0.25, 0.3) is 11.4 Å². The van der Waals surface area contributed by atoms with E-state index in [2.05, 4.69) is 15.5 Å². The van der Waals surface area contributed by atoms with Crippen LogP contribution in [-0.4, -0.2) is 26.0 Å². The molecule has 6 nitrogen and oxygen atoms in total. The number of aryl methyl sites for hydroxylation is 2. The van der Waals surface area contributed by atoms with Crippen LogP contribution in [0.15, 0.2) is 47.6 Å². The van der Waals surface area contributed by atoms with E-state index in [-0.39, 0.29) is 11.7 Å². The van der Waals surface area contributed by atoms with Gasteiger partial charge in [-0.1, -0.05) is 30.0 Å². The van der Waals surface area contributed by atoms with Crippen molar-refractivity contribution in [3.05, 3.63) is 59.4 Å². The number of para-hydroxylation sites is 1. The molecular formula is C19H20FN5OS. The molecule has 140 valence electrons. The molecule has 0 saturated heterocycles. The zero-order valence-corrected chi connectivity index (χ0v) is 16.0. The Kier molecular flexibility index (Phi) is 5.46. The summed E-state index contributed by atoms with van der Waals surface area (Å²) in [7, 11) is 0. The third-order valence-electron chi connectivity index (χ3n) is 4.15. The van der Waals surface area contributed by atoms with Gasteiger partial charge >= 0.3 is 0 Å². The van der Waals surface area contributed by atoms with Crippen LogP contribution in [-0.2, 0) is 4.79 Å². The SMILES string of the molecule is Cc1cccc(C)c1NC(=O)[C@@H](C)Sc1nnc(-c2ccc(F)cc2)n1N. The Morgan fingerprint density at radius 3 is 2.41 bits per heavy atom. The average molecular weight is 385 g/mol. The van der Waals surface area contributed by atoms with E-state index in [4.69, 9.17) is 5.84 Å². The number of rotatable bonds is 5. The van der Waals surface area contributed by atoms with Crippen molar-refractivity contribution >= 4 is 23.4 Å². The molecule has 0 radical (unpaired) electrons. The number of nitrogens with zero attached hydrogens (tertiary/aromatic N) is 3. The minimum absolute atomic E-state index is 0.149. The lowest BCUT2D eigenvalue weighted by molar-refractivity contribution is -0.115. The van der Waals surface area contributed by atoms with Gasteiger partial charge in [0.15, 0.2) is 5.82 Å². The molecule has 0 saturated carbocycles. The fourth-order valence-electron chi connectivity index (χ4n) is 2.60. The van der Waals surface area contributed by atoms with Crippen molar-refractivity contribution in [1.29, 1.82) is 0 Å². The number of amides is 1. The van der Waals surface area contributed by atoms with Gasteiger partial charge in [0.2, 0.25) is 11.1 Å². The first-order valence-corrected chi connectivity index (χ1v) is 9.25. The Morgan fingerprint density at radius 1 is 1.15 bits per heavy atom. The highest BCUT2D eigenvalue weighted by molar-refractivity contribution is 8.00. The molecular weight excluding hydrogens is 365 g/mol. The molecule has 1 heterocycles. The van der Waals surface area contributed by atoms with E-state index in [1.54, 1.807) is 19.1 Å². The van der Waals surface area contributed by atoms with Crippen LogP contribution in [0, 0.1) is 19.7 Å². The summed E-state index contributed by atoms with van der Waals surface area (Å²) in [6.07, 6.45) is 0. The first-order chi connectivity index (χ1) is 12.9. The Balaban J connectivity index is 1.73. The van der Waals surface area contributed by atoms with Crippen molar-refractivity contribution in [2.75, 3.05) is 11.2 Å². The van der Waals surface area contributed by atoms with Gasteiger partial charge in [0.05, 0.1) is 5.25 Å². The molecule has 1 amide bonds. The third-order valence-corrected chi connectivity index (χ3v) is 5.20. The van der Waals surface area contributed by atoms with Crippen LogP contribution in [0.1, 0.15) is 18.1 Å².